The Kier molecular flexibility index (Phi) is 3.10. The molecule has 1 amide bonds. The monoisotopic (exact) mass is 253 g/mol. The first-order valence-corrected chi connectivity index (χ1v) is 5.21. The summed E-state index contributed by atoms with van der Waals surface area (Å²) in [4.78, 5) is 22.0. The quantitative estimate of drug-likeness (QED) is 0.797. The van der Waals surface area contributed by atoms with E-state index in [4.69, 9.17) is 5.11 Å². The number of rotatable bonds is 4. The van der Waals surface area contributed by atoms with Crippen molar-refractivity contribution >= 4 is 29.3 Å². The molecule has 0 aromatic carbocycles. The van der Waals surface area contributed by atoms with Crippen LogP contribution in [-0.2, 0) is 11.3 Å². The van der Waals surface area contributed by atoms with Crippen molar-refractivity contribution in [3.8, 4) is 0 Å². The number of nitrogens with one attached hydrogen (secondary N) is 1. The highest BCUT2D eigenvalue weighted by Gasteiger charge is 2.10. The molecule has 0 fully saturated rings. The second-order valence-corrected chi connectivity index (χ2v) is 3.62. The number of carboxylic acid groups (broad SMARTS) is 1. The van der Waals surface area contributed by atoms with Gasteiger partial charge < -0.3 is 10.4 Å². The van der Waals surface area contributed by atoms with Crippen LogP contribution in [0.25, 0.3) is 0 Å². The van der Waals surface area contributed by atoms with Crippen molar-refractivity contribution in [3.05, 3.63) is 24.3 Å². The second kappa shape index (κ2) is 4.70. The van der Waals surface area contributed by atoms with E-state index >= 15 is 0 Å². The number of carboxylic acids is 1. The molecule has 0 aliphatic rings. The summed E-state index contributed by atoms with van der Waals surface area (Å²) in [5.41, 5.74) is 0.616. The fraction of sp³-hybridized carbons (Fsp3) is 0.125. The summed E-state index contributed by atoms with van der Waals surface area (Å²) in [6, 6.07) is 0. The normalized spacial score (nSPS) is 10.1. The molecular weight excluding hydrogens is 246 g/mol. The van der Waals surface area contributed by atoms with E-state index < -0.39 is 11.9 Å². The van der Waals surface area contributed by atoms with E-state index in [1.165, 1.54) is 23.3 Å². The van der Waals surface area contributed by atoms with Gasteiger partial charge in [0.15, 0.2) is 5.69 Å². The first-order valence-electron chi connectivity index (χ1n) is 4.48. The summed E-state index contributed by atoms with van der Waals surface area (Å²) in [5.74, 6) is -1.41. The molecule has 0 bridgehead atoms. The van der Waals surface area contributed by atoms with Crippen LogP contribution in [0.1, 0.15) is 10.5 Å². The Morgan fingerprint density at radius 1 is 1.47 bits per heavy atom. The molecule has 0 unspecified atom stereocenters. The first kappa shape index (κ1) is 11.2. The van der Waals surface area contributed by atoms with E-state index in [0.717, 1.165) is 11.7 Å². The molecule has 2 heterocycles. The topological polar surface area (TPSA) is 110 Å². The van der Waals surface area contributed by atoms with Crippen LogP contribution in [0.4, 0.5) is 5.69 Å². The van der Waals surface area contributed by atoms with Crippen LogP contribution in [-0.4, -0.2) is 35.5 Å². The van der Waals surface area contributed by atoms with Gasteiger partial charge in [-0.05, 0) is 0 Å². The largest absolute Gasteiger partial charge is 0.480 e. The highest BCUT2D eigenvalue weighted by molar-refractivity contribution is 6.99. The third-order valence-corrected chi connectivity index (χ3v) is 2.26. The molecule has 9 heteroatoms. The van der Waals surface area contributed by atoms with Gasteiger partial charge in [0.05, 0.1) is 29.8 Å². The van der Waals surface area contributed by atoms with Crippen LogP contribution in [0.15, 0.2) is 18.6 Å². The number of nitrogens with zero attached hydrogens (tertiary/aromatic N) is 4. The second-order valence-electron chi connectivity index (χ2n) is 3.07. The number of aliphatic carboxylic acids is 1. The molecule has 2 aromatic rings. The van der Waals surface area contributed by atoms with Gasteiger partial charge in [0.2, 0.25) is 0 Å². The van der Waals surface area contributed by atoms with Gasteiger partial charge in [-0.2, -0.15) is 13.8 Å². The Balaban J connectivity index is 2.02. The molecule has 0 atom stereocenters. The molecule has 0 saturated heterocycles. The number of carbonyl (C=O) groups is 2. The zero-order valence-corrected chi connectivity index (χ0v) is 9.22. The standard InChI is InChI=1S/C8H7N5O3S/c14-7(15)4-13-3-5(1-9-13)11-8(16)6-2-10-17-12-6/h1-3H,4H2,(H,11,16)(H,14,15). The maximum absolute atomic E-state index is 11.5. The summed E-state index contributed by atoms with van der Waals surface area (Å²) >= 11 is 0.933. The highest BCUT2D eigenvalue weighted by Crippen LogP contribution is 2.07. The maximum atomic E-state index is 11.5. The van der Waals surface area contributed by atoms with E-state index in [1.54, 1.807) is 0 Å². The Morgan fingerprint density at radius 3 is 2.94 bits per heavy atom. The summed E-state index contributed by atoms with van der Waals surface area (Å²) in [6.45, 7) is -0.256. The molecule has 88 valence electrons. The summed E-state index contributed by atoms with van der Waals surface area (Å²) in [6.07, 6.45) is 4.13. The number of hydrogen-bond donors (Lipinski definition) is 2. The van der Waals surface area contributed by atoms with Crippen molar-refractivity contribution in [3.63, 3.8) is 0 Å². The van der Waals surface area contributed by atoms with Gasteiger partial charge >= 0.3 is 5.97 Å². The Bertz CT molecular complexity index is 535. The minimum atomic E-state index is -1.00. The van der Waals surface area contributed by atoms with Gasteiger partial charge in [-0.1, -0.05) is 0 Å². The van der Waals surface area contributed by atoms with Crippen molar-refractivity contribution < 1.29 is 14.7 Å². The van der Waals surface area contributed by atoms with E-state index in [1.807, 2.05) is 0 Å². The van der Waals surface area contributed by atoms with Gasteiger partial charge in [0, 0.05) is 6.20 Å². The molecule has 2 rings (SSSR count). The molecule has 0 saturated carbocycles. The number of amides is 1. The Labute approximate surface area is 99.2 Å². The third-order valence-electron chi connectivity index (χ3n) is 1.78. The molecule has 0 aliphatic carbocycles. The zero-order chi connectivity index (χ0) is 12.3. The minimum absolute atomic E-state index is 0.209. The van der Waals surface area contributed by atoms with E-state index in [-0.39, 0.29) is 12.2 Å². The molecule has 2 N–H and O–H groups in total. The number of aromatic nitrogens is 4. The average Bonchev–Trinajstić information content (AvgIpc) is 2.87. The third kappa shape index (κ3) is 2.84. The van der Waals surface area contributed by atoms with Gasteiger partial charge in [0.25, 0.3) is 5.91 Å². The lowest BCUT2D eigenvalue weighted by Gasteiger charge is -1.97. The molecule has 0 radical (unpaired) electrons. The van der Waals surface area contributed by atoms with Crippen molar-refractivity contribution in [2.24, 2.45) is 0 Å². The lowest BCUT2D eigenvalue weighted by molar-refractivity contribution is -0.137. The maximum Gasteiger partial charge on any atom is 0.325 e. The molecule has 8 nitrogen and oxygen atoms in total. The van der Waals surface area contributed by atoms with E-state index in [0.29, 0.717) is 5.69 Å². The van der Waals surface area contributed by atoms with Gasteiger partial charge in [-0.25, -0.2) is 0 Å². The molecule has 17 heavy (non-hydrogen) atoms. The molecule has 0 aliphatic heterocycles. The van der Waals surface area contributed by atoms with Crippen LogP contribution >= 0.6 is 11.7 Å². The van der Waals surface area contributed by atoms with Crippen LogP contribution in [0, 0.1) is 0 Å². The van der Waals surface area contributed by atoms with Crippen LogP contribution < -0.4 is 5.32 Å². The predicted octanol–water partition coefficient (Wildman–Crippen LogP) is 0.0715. The van der Waals surface area contributed by atoms with Crippen molar-refractivity contribution in [2.45, 2.75) is 6.54 Å². The lowest BCUT2D eigenvalue weighted by atomic mass is 10.4. The van der Waals surface area contributed by atoms with Crippen LogP contribution in [0.2, 0.25) is 0 Å². The smallest absolute Gasteiger partial charge is 0.325 e. The first-order chi connectivity index (χ1) is 8.15. The SMILES string of the molecule is O=C(O)Cn1cc(NC(=O)c2cnsn2)cn1. The number of carbonyl (C=O) groups excluding carboxylic acids is 1. The van der Waals surface area contributed by atoms with Crippen molar-refractivity contribution in [1.29, 1.82) is 0 Å². The Hall–Kier alpha value is -2.29. The predicted molar refractivity (Wildman–Crippen MR) is 57.7 cm³/mol. The minimum Gasteiger partial charge on any atom is -0.480 e. The van der Waals surface area contributed by atoms with E-state index in [9.17, 15) is 9.59 Å². The highest BCUT2D eigenvalue weighted by atomic mass is 32.1. The summed E-state index contributed by atoms with van der Waals surface area (Å²) in [7, 11) is 0. The molecule has 2 aromatic heterocycles. The molecular formula is C8H7N5O3S. The number of anilines is 1. The van der Waals surface area contributed by atoms with Crippen molar-refractivity contribution in [2.75, 3.05) is 5.32 Å². The van der Waals surface area contributed by atoms with Gasteiger partial charge in [-0.15, -0.1) is 0 Å². The summed E-state index contributed by atoms with van der Waals surface area (Å²) in [5, 5.41) is 14.8. The fourth-order valence-electron chi connectivity index (χ4n) is 1.11. The molecule has 0 spiro atoms. The number of hydrogen-bond acceptors (Lipinski definition) is 6. The Morgan fingerprint density at radius 2 is 2.29 bits per heavy atom. The zero-order valence-electron chi connectivity index (χ0n) is 8.40. The van der Waals surface area contributed by atoms with Crippen LogP contribution in [0.5, 0.6) is 0 Å². The van der Waals surface area contributed by atoms with Crippen LogP contribution in [0.3, 0.4) is 0 Å². The lowest BCUT2D eigenvalue weighted by Crippen LogP contribution is -2.12. The fourth-order valence-corrected chi connectivity index (χ4v) is 1.53. The summed E-state index contributed by atoms with van der Waals surface area (Å²) < 4.78 is 8.67. The van der Waals surface area contributed by atoms with Gasteiger partial charge in [0.1, 0.15) is 6.54 Å². The average molecular weight is 253 g/mol. The van der Waals surface area contributed by atoms with Gasteiger partial charge in [-0.3, -0.25) is 14.3 Å². The van der Waals surface area contributed by atoms with Crippen molar-refractivity contribution in [1.82, 2.24) is 18.5 Å². The van der Waals surface area contributed by atoms with E-state index in [2.05, 4.69) is 19.2 Å².